The number of hydrogen-bond acceptors (Lipinski definition) is 5. The van der Waals surface area contributed by atoms with E-state index in [0.717, 1.165) is 5.56 Å². The van der Waals surface area contributed by atoms with E-state index >= 15 is 0 Å². The molecule has 2 amide bonds. The van der Waals surface area contributed by atoms with E-state index in [1.807, 2.05) is 0 Å². The van der Waals surface area contributed by atoms with Crippen molar-refractivity contribution < 1.29 is 22.7 Å². The predicted molar refractivity (Wildman–Crippen MR) is 156 cm³/mol. The van der Waals surface area contributed by atoms with Crippen molar-refractivity contribution in [1.29, 1.82) is 0 Å². The Bertz CT molecular complexity index is 1620. The third-order valence-electron chi connectivity index (χ3n) is 5.47. The van der Waals surface area contributed by atoms with Crippen LogP contribution in [0.15, 0.2) is 108 Å². The molecule has 3 N–H and O–H groups in total. The fraction of sp³-hybridized carbons (Fsp3) is 0.0345. The highest BCUT2D eigenvalue weighted by molar-refractivity contribution is 7.92. The van der Waals surface area contributed by atoms with Crippen molar-refractivity contribution in [2.75, 3.05) is 4.72 Å². The average Bonchev–Trinajstić information content (AvgIpc) is 2.96. The highest BCUT2D eigenvalue weighted by Crippen LogP contribution is 2.24. The third-order valence-corrected chi connectivity index (χ3v) is 7.43. The summed E-state index contributed by atoms with van der Waals surface area (Å²) in [5.41, 5.74) is 6.70. The van der Waals surface area contributed by atoms with Gasteiger partial charge < -0.3 is 4.74 Å². The van der Waals surface area contributed by atoms with Gasteiger partial charge in [-0.05, 0) is 77.9 Å². The van der Waals surface area contributed by atoms with Crippen molar-refractivity contribution in [2.24, 2.45) is 0 Å². The van der Waals surface area contributed by atoms with E-state index in [1.165, 1.54) is 24.3 Å². The lowest BCUT2D eigenvalue weighted by Crippen LogP contribution is -2.40. The maximum atomic E-state index is 12.6. The Morgan fingerprint density at radius 1 is 0.800 bits per heavy atom. The van der Waals surface area contributed by atoms with Gasteiger partial charge in [0.15, 0.2) is 0 Å². The molecule has 4 aromatic carbocycles. The molecule has 4 rings (SSSR count). The van der Waals surface area contributed by atoms with Crippen molar-refractivity contribution in [3.8, 4) is 5.75 Å². The van der Waals surface area contributed by atoms with Crippen molar-refractivity contribution in [3.05, 3.63) is 130 Å². The number of halogens is 2. The normalized spacial score (nSPS) is 11.2. The summed E-state index contributed by atoms with van der Waals surface area (Å²) in [6.45, 7) is 0.315. The van der Waals surface area contributed by atoms with Crippen LogP contribution in [0.1, 0.15) is 21.5 Å². The Morgan fingerprint density at radius 3 is 2.15 bits per heavy atom. The van der Waals surface area contributed by atoms with Crippen LogP contribution < -0.4 is 20.3 Å². The molecular formula is C29H23Cl2N3O5S. The van der Waals surface area contributed by atoms with Gasteiger partial charge in [-0.25, -0.2) is 8.42 Å². The monoisotopic (exact) mass is 595 g/mol. The Hall–Kier alpha value is -4.31. The molecule has 0 aliphatic carbocycles. The minimum atomic E-state index is -3.85. The number of amides is 2. The zero-order valence-corrected chi connectivity index (χ0v) is 23.1. The molecule has 0 aliphatic rings. The first-order chi connectivity index (χ1) is 19.2. The van der Waals surface area contributed by atoms with Crippen LogP contribution in [0.25, 0.3) is 6.08 Å². The van der Waals surface area contributed by atoms with Gasteiger partial charge in [0.25, 0.3) is 21.8 Å². The van der Waals surface area contributed by atoms with Crippen LogP contribution in [-0.2, 0) is 21.4 Å². The van der Waals surface area contributed by atoms with Crippen molar-refractivity contribution in [2.45, 2.75) is 11.5 Å². The van der Waals surface area contributed by atoms with Crippen molar-refractivity contribution in [3.63, 3.8) is 0 Å². The molecule has 11 heteroatoms. The number of para-hydroxylation sites is 1. The van der Waals surface area contributed by atoms with Crippen LogP contribution in [-0.4, -0.2) is 20.2 Å². The molecule has 0 aliphatic heterocycles. The van der Waals surface area contributed by atoms with Gasteiger partial charge in [-0.15, -0.1) is 0 Å². The molecule has 204 valence electrons. The predicted octanol–water partition coefficient (Wildman–Crippen LogP) is 5.85. The van der Waals surface area contributed by atoms with Crippen molar-refractivity contribution >= 4 is 56.8 Å². The summed E-state index contributed by atoms with van der Waals surface area (Å²) in [7, 11) is -3.85. The fourth-order valence-corrected chi connectivity index (χ4v) is 4.80. The first kappa shape index (κ1) is 28.7. The highest BCUT2D eigenvalue weighted by atomic mass is 35.5. The number of hydrogen-bond donors (Lipinski definition) is 3. The Morgan fingerprint density at radius 2 is 1.48 bits per heavy atom. The first-order valence-corrected chi connectivity index (χ1v) is 14.1. The molecule has 0 saturated heterocycles. The van der Waals surface area contributed by atoms with Crippen LogP contribution in [0.3, 0.4) is 0 Å². The van der Waals surface area contributed by atoms with E-state index in [0.29, 0.717) is 28.5 Å². The second-order valence-electron chi connectivity index (χ2n) is 8.37. The van der Waals surface area contributed by atoms with Gasteiger partial charge >= 0.3 is 0 Å². The van der Waals surface area contributed by atoms with Crippen LogP contribution in [0.4, 0.5) is 5.69 Å². The van der Waals surface area contributed by atoms with Gasteiger partial charge in [0.1, 0.15) is 12.4 Å². The molecule has 0 unspecified atom stereocenters. The van der Waals surface area contributed by atoms with E-state index in [1.54, 1.807) is 84.9 Å². The van der Waals surface area contributed by atoms with E-state index in [2.05, 4.69) is 15.6 Å². The lowest BCUT2D eigenvalue weighted by Gasteiger charge is -2.09. The van der Waals surface area contributed by atoms with Gasteiger partial charge in [0.2, 0.25) is 0 Å². The number of rotatable bonds is 9. The average molecular weight is 596 g/mol. The number of hydrazine groups is 1. The van der Waals surface area contributed by atoms with E-state index in [9.17, 15) is 18.0 Å². The molecule has 0 spiro atoms. The minimum absolute atomic E-state index is 0.0313. The summed E-state index contributed by atoms with van der Waals surface area (Å²) < 4.78 is 33.3. The largest absolute Gasteiger partial charge is 0.489 e. The SMILES string of the molecule is O=C(C=Cc1ccc(S(=O)(=O)Nc2ccccc2Cl)cc1)NNC(=O)c1ccc(COc2ccc(Cl)cc2)cc1. The number of carbonyl (C=O) groups is 2. The summed E-state index contributed by atoms with van der Waals surface area (Å²) in [4.78, 5) is 24.5. The molecule has 4 aromatic rings. The van der Waals surface area contributed by atoms with Gasteiger partial charge in [0, 0.05) is 16.7 Å². The summed E-state index contributed by atoms with van der Waals surface area (Å²) in [5, 5.41) is 0.900. The first-order valence-electron chi connectivity index (χ1n) is 11.8. The second kappa shape index (κ2) is 13.2. The standard InChI is InChI=1S/C29H23Cl2N3O5S/c30-23-12-14-24(15-13-23)39-19-21-5-10-22(11-6-21)29(36)33-32-28(35)18-9-20-7-16-25(17-8-20)40(37,38)34-27-4-2-1-3-26(27)31/h1-18,34H,19H2,(H,32,35)(H,33,36). The minimum Gasteiger partial charge on any atom is -0.489 e. The molecule has 0 heterocycles. The molecule has 0 aromatic heterocycles. The molecule has 0 radical (unpaired) electrons. The van der Waals surface area contributed by atoms with Gasteiger partial charge in [-0.1, -0.05) is 59.6 Å². The van der Waals surface area contributed by atoms with Crippen LogP contribution in [0, 0.1) is 0 Å². The van der Waals surface area contributed by atoms with Crippen LogP contribution in [0.5, 0.6) is 5.75 Å². The number of anilines is 1. The Kier molecular flexibility index (Phi) is 9.44. The summed E-state index contributed by atoms with van der Waals surface area (Å²) in [6.07, 6.45) is 2.69. The summed E-state index contributed by atoms with van der Waals surface area (Å²) in [6, 6.07) is 26.1. The third kappa shape index (κ3) is 8.09. The Labute approximate surface area is 241 Å². The van der Waals surface area contributed by atoms with Gasteiger partial charge in [-0.3, -0.25) is 25.2 Å². The van der Waals surface area contributed by atoms with E-state index < -0.39 is 21.8 Å². The number of benzene rings is 4. The Balaban J connectivity index is 1.25. The maximum absolute atomic E-state index is 12.6. The second-order valence-corrected chi connectivity index (χ2v) is 10.9. The van der Waals surface area contributed by atoms with Gasteiger partial charge in [-0.2, -0.15) is 0 Å². The quantitative estimate of drug-likeness (QED) is 0.166. The number of sulfonamides is 1. The molecule has 0 atom stereocenters. The number of ether oxygens (including phenoxy) is 1. The topological polar surface area (TPSA) is 114 Å². The number of carbonyl (C=O) groups excluding carboxylic acids is 2. The fourth-order valence-electron chi connectivity index (χ4n) is 3.36. The molecule has 0 saturated carbocycles. The highest BCUT2D eigenvalue weighted by Gasteiger charge is 2.15. The molecule has 0 fully saturated rings. The number of nitrogens with one attached hydrogen (secondary N) is 3. The lowest BCUT2D eigenvalue weighted by atomic mass is 10.1. The van der Waals surface area contributed by atoms with Gasteiger partial charge in [0.05, 0.1) is 15.6 Å². The van der Waals surface area contributed by atoms with E-state index in [4.69, 9.17) is 27.9 Å². The van der Waals surface area contributed by atoms with Crippen LogP contribution >= 0.6 is 23.2 Å². The van der Waals surface area contributed by atoms with Crippen molar-refractivity contribution in [1.82, 2.24) is 10.9 Å². The van der Waals surface area contributed by atoms with Crippen LogP contribution in [0.2, 0.25) is 10.0 Å². The lowest BCUT2D eigenvalue weighted by molar-refractivity contribution is -0.117. The maximum Gasteiger partial charge on any atom is 0.269 e. The molecule has 8 nitrogen and oxygen atoms in total. The molecular weight excluding hydrogens is 573 g/mol. The van der Waals surface area contributed by atoms with E-state index in [-0.39, 0.29) is 15.6 Å². The summed E-state index contributed by atoms with van der Waals surface area (Å²) >= 11 is 11.9. The zero-order chi connectivity index (χ0) is 28.5. The zero-order valence-electron chi connectivity index (χ0n) is 20.8. The molecule has 40 heavy (non-hydrogen) atoms. The summed E-state index contributed by atoms with van der Waals surface area (Å²) in [5.74, 6) is -0.390. The molecule has 0 bridgehead atoms. The smallest absolute Gasteiger partial charge is 0.269 e.